The van der Waals surface area contributed by atoms with E-state index in [1.54, 1.807) is 18.2 Å². The molecule has 0 spiro atoms. The maximum absolute atomic E-state index is 13.5. The molecule has 0 saturated heterocycles. The normalized spacial score (nSPS) is 11.7. The summed E-state index contributed by atoms with van der Waals surface area (Å²) in [5, 5.41) is 11.5. The number of methoxy groups -OCH3 is 2. The minimum Gasteiger partial charge on any atom is -0.491 e. The van der Waals surface area contributed by atoms with Crippen molar-refractivity contribution >= 4 is 0 Å². The molecule has 0 bridgehead atoms. The number of aromatic nitrogens is 1. The summed E-state index contributed by atoms with van der Waals surface area (Å²) >= 11 is 0. The molecule has 31 heavy (non-hydrogen) atoms. The maximum Gasteiger partial charge on any atom is 0.257 e. The third kappa shape index (κ3) is 4.13. The van der Waals surface area contributed by atoms with Crippen LogP contribution in [0.2, 0.25) is 0 Å². The summed E-state index contributed by atoms with van der Waals surface area (Å²) in [6.07, 6.45) is -1.05. The van der Waals surface area contributed by atoms with Gasteiger partial charge in [0.05, 0.1) is 19.9 Å². The van der Waals surface area contributed by atoms with Crippen LogP contribution in [0.4, 0.5) is 4.39 Å². The van der Waals surface area contributed by atoms with Gasteiger partial charge in [-0.1, -0.05) is 66.7 Å². The number of ether oxygens (including phenoxy) is 2. The summed E-state index contributed by atoms with van der Waals surface area (Å²) in [7, 11) is 3.02. The van der Waals surface area contributed by atoms with Crippen molar-refractivity contribution in [3.63, 3.8) is 0 Å². The van der Waals surface area contributed by atoms with E-state index >= 15 is 0 Å². The summed E-state index contributed by atoms with van der Waals surface area (Å²) in [5.74, 6) is 0.349. The molecule has 1 unspecified atom stereocenters. The van der Waals surface area contributed by atoms with Gasteiger partial charge in [-0.25, -0.2) is 9.37 Å². The number of hydrogen-bond donors (Lipinski definition) is 1. The Kier molecular flexibility index (Phi) is 5.96. The number of nitrogens with zero attached hydrogens (tertiary/aromatic N) is 1. The third-order valence-corrected chi connectivity index (χ3v) is 5.15. The molecule has 4 nitrogen and oxygen atoms in total. The van der Waals surface area contributed by atoms with Crippen LogP contribution in [0.3, 0.4) is 0 Å². The lowest BCUT2D eigenvalue weighted by Crippen LogP contribution is -2.08. The van der Waals surface area contributed by atoms with Gasteiger partial charge in [0.2, 0.25) is 0 Å². The average molecular weight is 415 g/mol. The van der Waals surface area contributed by atoms with Crippen LogP contribution in [0.1, 0.15) is 17.4 Å². The van der Waals surface area contributed by atoms with Gasteiger partial charge in [-0.05, 0) is 40.5 Å². The summed E-state index contributed by atoms with van der Waals surface area (Å²) in [6, 6.07) is 25.3. The van der Waals surface area contributed by atoms with Gasteiger partial charge in [0.25, 0.3) is 5.88 Å². The Hall–Kier alpha value is -3.70. The number of rotatable bonds is 6. The Morgan fingerprint density at radius 3 is 2.10 bits per heavy atom. The minimum atomic E-state index is -1.05. The zero-order valence-electron chi connectivity index (χ0n) is 17.2. The van der Waals surface area contributed by atoms with Crippen molar-refractivity contribution in [2.45, 2.75) is 6.10 Å². The van der Waals surface area contributed by atoms with Crippen LogP contribution in [0.5, 0.6) is 11.6 Å². The number of aliphatic hydroxyl groups excluding tert-OH is 1. The Labute approximate surface area is 180 Å². The maximum atomic E-state index is 13.5. The predicted octanol–water partition coefficient (Wildman–Crippen LogP) is 5.65. The highest BCUT2D eigenvalue weighted by atomic mass is 19.1. The van der Waals surface area contributed by atoms with E-state index in [9.17, 15) is 9.50 Å². The number of benzene rings is 3. The first-order valence-electron chi connectivity index (χ1n) is 9.83. The van der Waals surface area contributed by atoms with Crippen LogP contribution >= 0.6 is 0 Å². The van der Waals surface area contributed by atoms with Gasteiger partial charge in [-0.2, -0.15) is 0 Å². The monoisotopic (exact) mass is 415 g/mol. The van der Waals surface area contributed by atoms with E-state index in [4.69, 9.17) is 9.47 Å². The number of hydrogen-bond acceptors (Lipinski definition) is 4. The molecule has 0 aliphatic heterocycles. The van der Waals surface area contributed by atoms with E-state index in [0.29, 0.717) is 28.1 Å². The first kappa shape index (κ1) is 20.6. The van der Waals surface area contributed by atoms with Crippen LogP contribution in [0.25, 0.3) is 22.3 Å². The third-order valence-electron chi connectivity index (χ3n) is 5.15. The molecule has 0 aliphatic rings. The van der Waals surface area contributed by atoms with Gasteiger partial charge in [0.15, 0.2) is 5.75 Å². The van der Waals surface area contributed by atoms with Gasteiger partial charge >= 0.3 is 0 Å². The number of halogens is 1. The van der Waals surface area contributed by atoms with Gasteiger partial charge in [0.1, 0.15) is 11.9 Å². The highest BCUT2D eigenvalue weighted by Crippen LogP contribution is 2.39. The van der Waals surface area contributed by atoms with Crippen LogP contribution < -0.4 is 9.47 Å². The zero-order valence-corrected chi connectivity index (χ0v) is 17.2. The van der Waals surface area contributed by atoms with E-state index in [-0.39, 0.29) is 11.7 Å². The van der Waals surface area contributed by atoms with E-state index < -0.39 is 6.10 Å². The van der Waals surface area contributed by atoms with Crippen LogP contribution in [0.15, 0.2) is 84.9 Å². The molecule has 3 aromatic carbocycles. The molecule has 1 heterocycles. The van der Waals surface area contributed by atoms with Crippen molar-refractivity contribution in [2.24, 2.45) is 0 Å². The average Bonchev–Trinajstić information content (AvgIpc) is 2.84. The highest BCUT2D eigenvalue weighted by molar-refractivity contribution is 5.73. The lowest BCUT2D eigenvalue weighted by atomic mass is 9.91. The molecule has 0 fully saturated rings. The SMILES string of the molecule is COc1cc(-c2ccc(F)cc2)c(C(O)c2ccccc2-c2ccccc2)nc1OC. The lowest BCUT2D eigenvalue weighted by molar-refractivity contribution is 0.214. The van der Waals surface area contributed by atoms with Crippen molar-refractivity contribution in [1.29, 1.82) is 0 Å². The Bertz CT molecular complexity index is 1180. The molecule has 1 N–H and O–H groups in total. The van der Waals surface area contributed by atoms with E-state index in [0.717, 1.165) is 11.1 Å². The Morgan fingerprint density at radius 1 is 0.774 bits per heavy atom. The number of pyridine rings is 1. The Morgan fingerprint density at radius 2 is 1.42 bits per heavy atom. The number of aliphatic hydroxyl groups is 1. The minimum absolute atomic E-state index is 0.264. The van der Waals surface area contributed by atoms with Gasteiger partial charge in [-0.15, -0.1) is 0 Å². The highest BCUT2D eigenvalue weighted by Gasteiger charge is 2.24. The molecule has 0 aliphatic carbocycles. The quantitative estimate of drug-likeness (QED) is 0.442. The molecule has 4 aromatic rings. The van der Waals surface area contributed by atoms with Crippen molar-refractivity contribution < 1.29 is 19.0 Å². The standard InChI is InChI=1S/C26H22FNO3/c1-30-23-16-22(18-12-14-19(27)15-13-18)24(28-26(23)31-2)25(29)21-11-7-6-10-20(21)17-8-4-3-5-9-17/h3-16,25,29H,1-2H3. The second-order valence-electron chi connectivity index (χ2n) is 7.00. The lowest BCUT2D eigenvalue weighted by Gasteiger charge is -2.20. The molecule has 4 rings (SSSR count). The second kappa shape index (κ2) is 8.98. The first-order valence-corrected chi connectivity index (χ1v) is 9.83. The van der Waals surface area contributed by atoms with Gasteiger partial charge in [0, 0.05) is 5.56 Å². The molecular weight excluding hydrogens is 393 g/mol. The van der Waals surface area contributed by atoms with Crippen LogP contribution in [0, 0.1) is 5.82 Å². The van der Waals surface area contributed by atoms with E-state index in [2.05, 4.69) is 4.98 Å². The molecule has 5 heteroatoms. The van der Waals surface area contributed by atoms with Crippen molar-refractivity contribution in [3.05, 3.63) is 102 Å². The molecular formula is C26H22FNO3. The largest absolute Gasteiger partial charge is 0.491 e. The Balaban J connectivity index is 1.91. The van der Waals surface area contributed by atoms with Crippen molar-refractivity contribution in [2.75, 3.05) is 14.2 Å². The van der Waals surface area contributed by atoms with Crippen LogP contribution in [-0.4, -0.2) is 24.3 Å². The van der Waals surface area contributed by atoms with Gasteiger partial charge < -0.3 is 14.6 Å². The fraction of sp³-hybridized carbons (Fsp3) is 0.115. The molecule has 1 atom stereocenters. The van der Waals surface area contributed by atoms with Gasteiger partial charge in [-0.3, -0.25) is 0 Å². The van der Waals surface area contributed by atoms with Crippen LogP contribution in [-0.2, 0) is 0 Å². The molecule has 1 aromatic heterocycles. The van der Waals surface area contributed by atoms with Crippen molar-refractivity contribution in [1.82, 2.24) is 4.98 Å². The topological polar surface area (TPSA) is 51.6 Å². The molecule has 0 amide bonds. The molecule has 0 radical (unpaired) electrons. The van der Waals surface area contributed by atoms with E-state index in [1.807, 2.05) is 54.6 Å². The summed E-state index contributed by atoms with van der Waals surface area (Å²) < 4.78 is 24.3. The predicted molar refractivity (Wildman–Crippen MR) is 119 cm³/mol. The summed E-state index contributed by atoms with van der Waals surface area (Å²) in [6.45, 7) is 0. The summed E-state index contributed by atoms with van der Waals surface area (Å²) in [5.41, 5.74) is 4.33. The smallest absolute Gasteiger partial charge is 0.257 e. The first-order chi connectivity index (χ1) is 15.1. The fourth-order valence-corrected chi connectivity index (χ4v) is 3.62. The molecule has 0 saturated carbocycles. The van der Waals surface area contributed by atoms with Crippen molar-refractivity contribution in [3.8, 4) is 33.9 Å². The second-order valence-corrected chi connectivity index (χ2v) is 7.00. The summed E-state index contributed by atoms with van der Waals surface area (Å²) in [4.78, 5) is 4.58. The molecule has 156 valence electrons. The fourth-order valence-electron chi connectivity index (χ4n) is 3.62. The van der Waals surface area contributed by atoms with E-state index in [1.165, 1.54) is 26.4 Å². The zero-order chi connectivity index (χ0) is 21.8.